The first-order valence-corrected chi connectivity index (χ1v) is 8.60. The van der Waals surface area contributed by atoms with Crippen LogP contribution in [0.4, 0.5) is 9.18 Å². The van der Waals surface area contributed by atoms with Gasteiger partial charge in [-0.15, -0.1) is 0 Å². The summed E-state index contributed by atoms with van der Waals surface area (Å²) in [6, 6.07) is 5.01. The van der Waals surface area contributed by atoms with E-state index in [1.54, 1.807) is 26.1 Å². The van der Waals surface area contributed by atoms with E-state index in [1.165, 1.54) is 17.0 Å². The Morgan fingerprint density at radius 2 is 2.00 bits per heavy atom. The zero-order valence-electron chi connectivity index (χ0n) is 12.0. The molecular weight excluding hydrogens is 295 g/mol. The molecule has 1 heterocycles. The summed E-state index contributed by atoms with van der Waals surface area (Å²) in [6.07, 6.45) is 0.469. The van der Waals surface area contributed by atoms with Gasteiger partial charge in [-0.05, 0) is 31.0 Å². The van der Waals surface area contributed by atoms with Crippen LogP contribution in [-0.2, 0) is 9.84 Å². The van der Waals surface area contributed by atoms with E-state index in [2.05, 4.69) is 5.32 Å². The Bertz CT molecular complexity index is 616. The summed E-state index contributed by atoms with van der Waals surface area (Å²) >= 11 is 0. The lowest BCUT2D eigenvalue weighted by molar-refractivity contribution is 0.192. The number of nitrogens with one attached hydrogen (secondary N) is 1. The first-order chi connectivity index (χ1) is 9.78. The molecule has 0 saturated carbocycles. The number of urea groups is 1. The zero-order chi connectivity index (χ0) is 15.6. The number of nitrogens with zero attached hydrogens (tertiary/aromatic N) is 1. The summed E-state index contributed by atoms with van der Waals surface area (Å²) in [5.74, 6) is -0.185. The van der Waals surface area contributed by atoms with Gasteiger partial charge in [-0.2, -0.15) is 0 Å². The molecule has 1 saturated heterocycles. The van der Waals surface area contributed by atoms with Crippen molar-refractivity contribution in [2.24, 2.45) is 0 Å². The zero-order valence-corrected chi connectivity index (χ0v) is 12.9. The van der Waals surface area contributed by atoms with Gasteiger partial charge in [-0.25, -0.2) is 17.6 Å². The first-order valence-electron chi connectivity index (χ1n) is 6.78. The molecule has 1 aliphatic rings. The molecule has 21 heavy (non-hydrogen) atoms. The van der Waals surface area contributed by atoms with E-state index in [0.29, 0.717) is 6.42 Å². The van der Waals surface area contributed by atoms with E-state index in [9.17, 15) is 17.6 Å². The fourth-order valence-electron chi connectivity index (χ4n) is 2.37. The standard InChI is InChI=1S/C14H19FN2O3S/c1-10(11-3-5-12(15)6-4-11)16-14(18)17(2)13-7-8-21(19,20)9-13/h3-6,10,13H,7-9H2,1-2H3,(H,16,18). The van der Waals surface area contributed by atoms with E-state index in [0.717, 1.165) is 5.56 Å². The van der Waals surface area contributed by atoms with Gasteiger partial charge in [0.1, 0.15) is 5.82 Å². The van der Waals surface area contributed by atoms with E-state index in [4.69, 9.17) is 0 Å². The third-order valence-corrected chi connectivity index (χ3v) is 5.54. The predicted octanol–water partition coefficient (Wildman–Crippen LogP) is 1.72. The van der Waals surface area contributed by atoms with E-state index < -0.39 is 9.84 Å². The van der Waals surface area contributed by atoms with Crippen molar-refractivity contribution in [2.45, 2.75) is 25.4 Å². The fraction of sp³-hybridized carbons (Fsp3) is 0.500. The molecule has 2 atom stereocenters. The molecule has 2 rings (SSSR count). The Morgan fingerprint density at radius 1 is 1.38 bits per heavy atom. The highest BCUT2D eigenvalue weighted by Gasteiger charge is 2.33. The van der Waals surface area contributed by atoms with Gasteiger partial charge < -0.3 is 10.2 Å². The Morgan fingerprint density at radius 3 is 2.52 bits per heavy atom. The normalized spacial score (nSPS) is 21.8. The molecule has 1 aliphatic heterocycles. The van der Waals surface area contributed by atoms with E-state index in [-0.39, 0.29) is 35.4 Å². The molecule has 7 heteroatoms. The van der Waals surface area contributed by atoms with Gasteiger partial charge in [0.2, 0.25) is 0 Å². The second-order valence-corrected chi connectivity index (χ2v) is 7.62. The van der Waals surface area contributed by atoms with Crippen molar-refractivity contribution < 1.29 is 17.6 Å². The molecule has 116 valence electrons. The minimum absolute atomic E-state index is 0.0157. The average molecular weight is 314 g/mol. The van der Waals surface area contributed by atoms with Crippen molar-refractivity contribution in [3.8, 4) is 0 Å². The van der Waals surface area contributed by atoms with Gasteiger partial charge >= 0.3 is 6.03 Å². The van der Waals surface area contributed by atoms with Gasteiger partial charge in [-0.1, -0.05) is 12.1 Å². The molecule has 1 aromatic rings. The average Bonchev–Trinajstić information content (AvgIpc) is 2.78. The number of carbonyl (C=O) groups is 1. The molecule has 1 fully saturated rings. The molecule has 1 N–H and O–H groups in total. The molecule has 0 aromatic heterocycles. The Labute approximate surface area is 124 Å². The summed E-state index contributed by atoms with van der Waals surface area (Å²) < 4.78 is 35.8. The maximum atomic E-state index is 12.9. The maximum absolute atomic E-state index is 12.9. The van der Waals surface area contributed by atoms with Crippen molar-refractivity contribution in [2.75, 3.05) is 18.6 Å². The van der Waals surface area contributed by atoms with Crippen LogP contribution in [0, 0.1) is 5.82 Å². The van der Waals surface area contributed by atoms with Crippen LogP contribution < -0.4 is 5.32 Å². The number of halogens is 1. The van der Waals surface area contributed by atoms with Crippen LogP contribution in [0.3, 0.4) is 0 Å². The van der Waals surface area contributed by atoms with Gasteiger partial charge in [0.05, 0.1) is 17.5 Å². The van der Waals surface area contributed by atoms with Crippen LogP contribution in [-0.4, -0.2) is 43.9 Å². The number of amides is 2. The molecule has 0 bridgehead atoms. The van der Waals surface area contributed by atoms with Crippen LogP contribution in [0.5, 0.6) is 0 Å². The highest BCUT2D eigenvalue weighted by molar-refractivity contribution is 7.91. The summed E-state index contributed by atoms with van der Waals surface area (Å²) in [6.45, 7) is 1.80. The number of benzene rings is 1. The third-order valence-electron chi connectivity index (χ3n) is 3.79. The van der Waals surface area contributed by atoms with Crippen LogP contribution in [0.25, 0.3) is 0 Å². The predicted molar refractivity (Wildman–Crippen MR) is 78.2 cm³/mol. The van der Waals surface area contributed by atoms with Gasteiger partial charge in [-0.3, -0.25) is 0 Å². The van der Waals surface area contributed by atoms with E-state index >= 15 is 0 Å². The van der Waals surface area contributed by atoms with Gasteiger partial charge in [0, 0.05) is 13.1 Å². The smallest absolute Gasteiger partial charge is 0.317 e. The highest BCUT2D eigenvalue weighted by atomic mass is 32.2. The summed E-state index contributed by atoms with van der Waals surface area (Å²) in [4.78, 5) is 13.6. The number of sulfone groups is 1. The van der Waals surface area contributed by atoms with Gasteiger partial charge in [0.15, 0.2) is 9.84 Å². The first kappa shape index (κ1) is 15.8. The molecule has 2 amide bonds. The van der Waals surface area contributed by atoms with Crippen LogP contribution in [0.1, 0.15) is 24.9 Å². The second-order valence-electron chi connectivity index (χ2n) is 5.39. The lowest BCUT2D eigenvalue weighted by atomic mass is 10.1. The number of hydrogen-bond acceptors (Lipinski definition) is 3. The molecule has 0 aliphatic carbocycles. The highest BCUT2D eigenvalue weighted by Crippen LogP contribution is 2.18. The van der Waals surface area contributed by atoms with Crippen molar-refractivity contribution >= 4 is 15.9 Å². The van der Waals surface area contributed by atoms with Crippen molar-refractivity contribution in [1.29, 1.82) is 0 Å². The summed E-state index contributed by atoms with van der Waals surface area (Å²) in [7, 11) is -1.43. The molecule has 1 aromatic carbocycles. The van der Waals surface area contributed by atoms with E-state index in [1.807, 2.05) is 0 Å². The molecule has 5 nitrogen and oxygen atoms in total. The van der Waals surface area contributed by atoms with Crippen LogP contribution in [0.2, 0.25) is 0 Å². The largest absolute Gasteiger partial charge is 0.331 e. The molecule has 0 radical (unpaired) electrons. The quantitative estimate of drug-likeness (QED) is 0.924. The lowest BCUT2D eigenvalue weighted by Crippen LogP contribution is -2.44. The fourth-order valence-corrected chi connectivity index (χ4v) is 4.14. The van der Waals surface area contributed by atoms with Crippen LogP contribution in [0.15, 0.2) is 24.3 Å². The van der Waals surface area contributed by atoms with Gasteiger partial charge in [0.25, 0.3) is 0 Å². The minimum atomic E-state index is -3.02. The van der Waals surface area contributed by atoms with Crippen molar-refractivity contribution in [3.05, 3.63) is 35.6 Å². The lowest BCUT2D eigenvalue weighted by Gasteiger charge is -2.26. The maximum Gasteiger partial charge on any atom is 0.317 e. The summed E-state index contributed by atoms with van der Waals surface area (Å²) in [5.41, 5.74) is 0.789. The SMILES string of the molecule is CC(NC(=O)N(C)C1CCS(=O)(=O)C1)c1ccc(F)cc1. The molecule has 0 spiro atoms. The topological polar surface area (TPSA) is 66.5 Å². The third kappa shape index (κ3) is 3.93. The number of carbonyl (C=O) groups excluding carboxylic acids is 1. The number of hydrogen-bond donors (Lipinski definition) is 1. The Balaban J connectivity index is 1.96. The van der Waals surface area contributed by atoms with Crippen molar-refractivity contribution in [1.82, 2.24) is 10.2 Å². The monoisotopic (exact) mass is 314 g/mol. The van der Waals surface area contributed by atoms with Crippen LogP contribution >= 0.6 is 0 Å². The second kappa shape index (κ2) is 6.01. The van der Waals surface area contributed by atoms with Crippen molar-refractivity contribution in [3.63, 3.8) is 0 Å². The molecular formula is C14H19FN2O3S. The Kier molecular flexibility index (Phi) is 4.51. The Hall–Kier alpha value is -1.63. The number of rotatable bonds is 3. The molecule has 2 unspecified atom stereocenters. The minimum Gasteiger partial charge on any atom is -0.331 e. The summed E-state index contributed by atoms with van der Waals surface area (Å²) in [5, 5.41) is 2.79.